The van der Waals surface area contributed by atoms with Crippen molar-refractivity contribution in [1.29, 1.82) is 0 Å². The Morgan fingerprint density at radius 3 is 2.22 bits per heavy atom. The summed E-state index contributed by atoms with van der Waals surface area (Å²) in [6.45, 7) is 11.1. The first-order valence-electron chi connectivity index (χ1n) is 9.81. The number of aromatic nitrogens is 1. The van der Waals surface area contributed by atoms with Gasteiger partial charge in [0.25, 0.3) is 0 Å². The van der Waals surface area contributed by atoms with Crippen LogP contribution in [0.15, 0.2) is 24.5 Å². The monoisotopic (exact) mass is 336 g/mol. The predicted molar refractivity (Wildman–Crippen MR) is 102 cm³/mol. The standard InChI is InChI=1S/C20H38NOSi/c1-5-9-10-11-12-13-16-21-17-14-15-20(18-21)19-22-23(6-2,7-3)8-4/h14-15,17-18H,5-13,16,19H2,1-4H3/q+1. The Balaban J connectivity index is 2.41. The predicted octanol–water partition coefficient (Wildman–Crippen LogP) is 5.86. The molecule has 0 saturated carbocycles. The van der Waals surface area contributed by atoms with E-state index in [0.717, 1.165) is 13.2 Å². The second kappa shape index (κ2) is 11.8. The molecule has 0 spiro atoms. The molecule has 1 rings (SSSR count). The molecule has 1 aromatic heterocycles. The van der Waals surface area contributed by atoms with Gasteiger partial charge in [0, 0.05) is 18.1 Å². The fourth-order valence-corrected chi connectivity index (χ4v) is 5.75. The van der Waals surface area contributed by atoms with E-state index < -0.39 is 8.32 Å². The number of rotatable bonds is 13. The molecule has 0 atom stereocenters. The van der Waals surface area contributed by atoms with E-state index in [2.05, 4.69) is 56.8 Å². The van der Waals surface area contributed by atoms with Crippen molar-refractivity contribution in [3.8, 4) is 0 Å². The van der Waals surface area contributed by atoms with Crippen LogP contribution in [0.4, 0.5) is 0 Å². The lowest BCUT2D eigenvalue weighted by Gasteiger charge is -2.27. The number of pyridine rings is 1. The van der Waals surface area contributed by atoms with Crippen molar-refractivity contribution in [2.45, 2.75) is 97.5 Å². The lowest BCUT2D eigenvalue weighted by Crippen LogP contribution is -2.36. The molecule has 0 unspecified atom stereocenters. The SMILES string of the molecule is CCCCCCCC[n+]1cccc(CO[Si](CC)(CC)CC)c1. The molecule has 132 valence electrons. The van der Waals surface area contributed by atoms with Crippen LogP contribution in [-0.2, 0) is 17.6 Å². The van der Waals surface area contributed by atoms with Crippen molar-refractivity contribution in [2.24, 2.45) is 0 Å². The van der Waals surface area contributed by atoms with Crippen molar-refractivity contribution >= 4 is 8.32 Å². The zero-order valence-corrected chi connectivity index (χ0v) is 16.9. The molecule has 0 aliphatic heterocycles. The van der Waals surface area contributed by atoms with Gasteiger partial charge in [0.1, 0.15) is 6.54 Å². The minimum absolute atomic E-state index is 0.791. The summed E-state index contributed by atoms with van der Waals surface area (Å²) in [4.78, 5) is 0. The van der Waals surface area contributed by atoms with Crippen LogP contribution in [0.25, 0.3) is 0 Å². The van der Waals surface area contributed by atoms with Gasteiger partial charge in [0.15, 0.2) is 20.7 Å². The lowest BCUT2D eigenvalue weighted by atomic mass is 10.1. The van der Waals surface area contributed by atoms with E-state index >= 15 is 0 Å². The highest BCUT2D eigenvalue weighted by atomic mass is 28.4. The molecule has 23 heavy (non-hydrogen) atoms. The lowest BCUT2D eigenvalue weighted by molar-refractivity contribution is -0.697. The molecule has 0 aromatic carbocycles. The summed E-state index contributed by atoms with van der Waals surface area (Å²) in [7, 11) is -1.47. The van der Waals surface area contributed by atoms with Crippen molar-refractivity contribution in [3.63, 3.8) is 0 Å². The molecule has 0 radical (unpaired) electrons. The van der Waals surface area contributed by atoms with Gasteiger partial charge in [-0.15, -0.1) is 0 Å². The molecule has 0 N–H and O–H groups in total. The summed E-state index contributed by atoms with van der Waals surface area (Å²) in [6, 6.07) is 8.06. The largest absolute Gasteiger partial charge is 0.412 e. The third-order valence-electron chi connectivity index (χ3n) is 5.17. The van der Waals surface area contributed by atoms with E-state index in [9.17, 15) is 0 Å². The Hall–Kier alpha value is -0.673. The smallest absolute Gasteiger partial charge is 0.192 e. The highest BCUT2D eigenvalue weighted by Gasteiger charge is 2.28. The van der Waals surface area contributed by atoms with Gasteiger partial charge >= 0.3 is 0 Å². The minimum atomic E-state index is -1.47. The van der Waals surface area contributed by atoms with Crippen LogP contribution in [0, 0.1) is 0 Å². The zero-order chi connectivity index (χ0) is 17.0. The third kappa shape index (κ3) is 7.62. The number of unbranched alkanes of at least 4 members (excludes halogenated alkanes) is 5. The molecule has 0 aliphatic carbocycles. The number of hydrogen-bond donors (Lipinski definition) is 0. The van der Waals surface area contributed by atoms with Crippen molar-refractivity contribution in [2.75, 3.05) is 0 Å². The molecule has 0 fully saturated rings. The van der Waals surface area contributed by atoms with E-state index in [1.54, 1.807) is 0 Å². The Kier molecular flexibility index (Phi) is 10.5. The van der Waals surface area contributed by atoms with Crippen LogP contribution >= 0.6 is 0 Å². The topological polar surface area (TPSA) is 13.1 Å². The summed E-state index contributed by atoms with van der Waals surface area (Å²) in [5.41, 5.74) is 1.32. The molecule has 0 amide bonds. The number of hydrogen-bond acceptors (Lipinski definition) is 1. The van der Waals surface area contributed by atoms with Gasteiger partial charge in [0.05, 0.1) is 6.61 Å². The molecular formula is C20H38NOSi+. The molecule has 1 aromatic rings. The molecule has 0 aliphatic rings. The van der Waals surface area contributed by atoms with Crippen LogP contribution in [0.5, 0.6) is 0 Å². The van der Waals surface area contributed by atoms with E-state index in [4.69, 9.17) is 4.43 Å². The maximum atomic E-state index is 6.41. The maximum Gasteiger partial charge on any atom is 0.192 e. The minimum Gasteiger partial charge on any atom is -0.412 e. The summed E-state index contributed by atoms with van der Waals surface area (Å²) in [6.07, 6.45) is 12.6. The van der Waals surface area contributed by atoms with Gasteiger partial charge in [-0.05, 0) is 30.6 Å². The van der Waals surface area contributed by atoms with E-state index in [1.807, 2.05) is 0 Å². The van der Waals surface area contributed by atoms with Gasteiger partial charge in [0.2, 0.25) is 0 Å². The molecule has 1 heterocycles. The van der Waals surface area contributed by atoms with Crippen molar-refractivity contribution < 1.29 is 8.99 Å². The van der Waals surface area contributed by atoms with Crippen LogP contribution in [0.1, 0.15) is 71.8 Å². The molecule has 0 saturated heterocycles. The molecular weight excluding hydrogens is 298 g/mol. The maximum absolute atomic E-state index is 6.41. The van der Waals surface area contributed by atoms with E-state index in [-0.39, 0.29) is 0 Å². The fourth-order valence-electron chi connectivity index (χ4n) is 3.17. The van der Waals surface area contributed by atoms with Crippen LogP contribution in [-0.4, -0.2) is 8.32 Å². The average molecular weight is 337 g/mol. The highest BCUT2D eigenvalue weighted by Crippen LogP contribution is 2.22. The normalized spacial score (nSPS) is 11.8. The molecule has 0 bridgehead atoms. The summed E-state index contributed by atoms with van der Waals surface area (Å²) >= 11 is 0. The van der Waals surface area contributed by atoms with Gasteiger partial charge in [-0.25, -0.2) is 4.57 Å². The Labute approximate surface area is 145 Å². The Morgan fingerprint density at radius 2 is 1.57 bits per heavy atom. The summed E-state index contributed by atoms with van der Waals surface area (Å²) in [5, 5.41) is 0. The fraction of sp³-hybridized carbons (Fsp3) is 0.750. The van der Waals surface area contributed by atoms with Gasteiger partial charge in [-0.2, -0.15) is 0 Å². The number of nitrogens with zero attached hydrogens (tertiary/aromatic N) is 1. The second-order valence-corrected chi connectivity index (χ2v) is 11.5. The quantitative estimate of drug-likeness (QED) is 0.250. The summed E-state index contributed by atoms with van der Waals surface area (Å²) < 4.78 is 8.75. The number of aryl methyl sites for hydroxylation is 1. The summed E-state index contributed by atoms with van der Waals surface area (Å²) in [5.74, 6) is 0. The van der Waals surface area contributed by atoms with Crippen molar-refractivity contribution in [1.82, 2.24) is 0 Å². The average Bonchev–Trinajstić information content (AvgIpc) is 2.60. The second-order valence-electron chi connectivity index (χ2n) is 6.75. The van der Waals surface area contributed by atoms with Crippen LogP contribution in [0.2, 0.25) is 18.1 Å². The Bertz CT molecular complexity index is 410. The van der Waals surface area contributed by atoms with Gasteiger partial charge in [-0.1, -0.05) is 53.4 Å². The van der Waals surface area contributed by atoms with Crippen molar-refractivity contribution in [3.05, 3.63) is 30.1 Å². The Morgan fingerprint density at radius 1 is 0.913 bits per heavy atom. The van der Waals surface area contributed by atoms with Gasteiger partial charge < -0.3 is 4.43 Å². The molecule has 2 nitrogen and oxygen atoms in total. The first-order chi connectivity index (χ1) is 11.2. The first kappa shape index (κ1) is 20.4. The van der Waals surface area contributed by atoms with Gasteiger partial charge in [-0.3, -0.25) is 0 Å². The van der Waals surface area contributed by atoms with Crippen LogP contribution in [0.3, 0.4) is 0 Å². The zero-order valence-electron chi connectivity index (χ0n) is 15.9. The molecule has 3 heteroatoms. The van der Waals surface area contributed by atoms with E-state index in [1.165, 1.54) is 62.2 Å². The third-order valence-corrected chi connectivity index (χ3v) is 9.79. The van der Waals surface area contributed by atoms with Crippen LogP contribution < -0.4 is 4.57 Å². The first-order valence-corrected chi connectivity index (χ1v) is 12.3. The highest BCUT2D eigenvalue weighted by molar-refractivity contribution is 6.73. The van der Waals surface area contributed by atoms with E-state index in [0.29, 0.717) is 0 Å².